The van der Waals surface area contributed by atoms with Gasteiger partial charge in [0.1, 0.15) is 0 Å². The molecule has 58 valence electrons. The van der Waals surface area contributed by atoms with E-state index in [1.807, 2.05) is 24.3 Å². The second kappa shape index (κ2) is 4.21. The minimum Gasteiger partial charge on any atom is -0.396 e. The zero-order valence-corrected chi connectivity index (χ0v) is 6.97. The summed E-state index contributed by atoms with van der Waals surface area (Å²) in [6, 6.07) is 7.83. The number of thiocarbonyl (C=S) groups is 1. The van der Waals surface area contributed by atoms with E-state index in [0.29, 0.717) is 6.42 Å². The van der Waals surface area contributed by atoms with Crippen LogP contribution in [0.15, 0.2) is 24.3 Å². The quantitative estimate of drug-likeness (QED) is 0.688. The minimum absolute atomic E-state index is 0.181. The first kappa shape index (κ1) is 8.37. The summed E-state index contributed by atoms with van der Waals surface area (Å²) in [4.78, 5) is 0. The Morgan fingerprint density at radius 1 is 1.36 bits per heavy atom. The number of rotatable bonds is 3. The van der Waals surface area contributed by atoms with Gasteiger partial charge in [-0.25, -0.2) is 0 Å². The Kier molecular flexibility index (Phi) is 3.20. The Morgan fingerprint density at radius 2 is 2.09 bits per heavy atom. The Bertz CT molecular complexity index is 245. The molecule has 1 aromatic carbocycles. The lowest BCUT2D eigenvalue weighted by Crippen LogP contribution is -1.94. The van der Waals surface area contributed by atoms with E-state index in [9.17, 15) is 0 Å². The van der Waals surface area contributed by atoms with Crippen LogP contribution >= 0.6 is 12.2 Å². The van der Waals surface area contributed by atoms with Crippen molar-refractivity contribution < 1.29 is 5.11 Å². The van der Waals surface area contributed by atoms with Crippen molar-refractivity contribution in [3.05, 3.63) is 35.4 Å². The molecule has 0 aliphatic rings. The normalized spacial score (nSPS) is 9.55. The number of benzene rings is 1. The van der Waals surface area contributed by atoms with Gasteiger partial charge < -0.3 is 5.11 Å². The fourth-order valence-corrected chi connectivity index (χ4v) is 1.23. The topological polar surface area (TPSA) is 20.2 Å². The monoisotopic (exact) mass is 166 g/mol. The molecule has 0 spiro atoms. The molecule has 0 aliphatic heterocycles. The number of aliphatic hydroxyl groups is 1. The van der Waals surface area contributed by atoms with Gasteiger partial charge in [-0.2, -0.15) is 0 Å². The van der Waals surface area contributed by atoms with Gasteiger partial charge in [-0.15, -0.1) is 0 Å². The molecule has 11 heavy (non-hydrogen) atoms. The summed E-state index contributed by atoms with van der Waals surface area (Å²) in [7, 11) is 0. The molecule has 0 unspecified atom stereocenters. The van der Waals surface area contributed by atoms with E-state index >= 15 is 0 Å². The van der Waals surface area contributed by atoms with E-state index in [-0.39, 0.29) is 6.61 Å². The molecular formula is C9H10OS. The molecule has 0 aliphatic carbocycles. The van der Waals surface area contributed by atoms with Gasteiger partial charge in [-0.05, 0) is 17.5 Å². The summed E-state index contributed by atoms with van der Waals surface area (Å²) >= 11 is 4.81. The lowest BCUT2D eigenvalue weighted by Gasteiger charge is -2.01. The van der Waals surface area contributed by atoms with E-state index in [0.717, 1.165) is 11.1 Å². The smallest absolute Gasteiger partial charge is 0.0471 e. The highest BCUT2D eigenvalue weighted by Crippen LogP contribution is 2.06. The van der Waals surface area contributed by atoms with Gasteiger partial charge in [0.2, 0.25) is 0 Å². The third kappa shape index (κ3) is 2.10. The van der Waals surface area contributed by atoms with Crippen LogP contribution in [0.5, 0.6) is 0 Å². The maximum absolute atomic E-state index is 8.69. The van der Waals surface area contributed by atoms with Crippen molar-refractivity contribution in [1.82, 2.24) is 0 Å². The van der Waals surface area contributed by atoms with E-state index in [2.05, 4.69) is 0 Å². The van der Waals surface area contributed by atoms with Crippen LogP contribution in [0.25, 0.3) is 0 Å². The van der Waals surface area contributed by atoms with Gasteiger partial charge in [0, 0.05) is 12.0 Å². The van der Waals surface area contributed by atoms with Crippen molar-refractivity contribution in [2.24, 2.45) is 0 Å². The van der Waals surface area contributed by atoms with Crippen LogP contribution in [0.1, 0.15) is 11.1 Å². The zero-order valence-electron chi connectivity index (χ0n) is 6.16. The number of aliphatic hydroxyl groups excluding tert-OH is 1. The van der Waals surface area contributed by atoms with Crippen molar-refractivity contribution >= 4 is 17.6 Å². The van der Waals surface area contributed by atoms with Crippen LogP contribution in [-0.2, 0) is 6.42 Å². The van der Waals surface area contributed by atoms with E-state index < -0.39 is 0 Å². The zero-order chi connectivity index (χ0) is 8.10. The summed E-state index contributed by atoms with van der Waals surface area (Å²) in [5.74, 6) is 0. The molecule has 0 heterocycles. The molecule has 1 rings (SSSR count). The summed E-state index contributed by atoms with van der Waals surface area (Å²) in [6.07, 6.45) is 0.684. The van der Waals surface area contributed by atoms with Gasteiger partial charge in [-0.1, -0.05) is 36.5 Å². The lowest BCUT2D eigenvalue weighted by molar-refractivity contribution is 0.299. The predicted molar refractivity (Wildman–Crippen MR) is 50.0 cm³/mol. The molecule has 0 saturated carbocycles. The molecule has 0 aromatic heterocycles. The largest absolute Gasteiger partial charge is 0.396 e. The van der Waals surface area contributed by atoms with Crippen LogP contribution in [0.2, 0.25) is 0 Å². The predicted octanol–water partition coefficient (Wildman–Crippen LogP) is 1.57. The second-order valence-corrected chi connectivity index (χ2v) is 2.53. The lowest BCUT2D eigenvalue weighted by atomic mass is 10.1. The molecule has 0 atom stereocenters. The Morgan fingerprint density at radius 3 is 2.73 bits per heavy atom. The van der Waals surface area contributed by atoms with Crippen molar-refractivity contribution in [2.45, 2.75) is 6.42 Å². The molecule has 1 aromatic rings. The second-order valence-electron chi connectivity index (χ2n) is 2.29. The van der Waals surface area contributed by atoms with E-state index in [4.69, 9.17) is 17.3 Å². The highest BCUT2D eigenvalue weighted by molar-refractivity contribution is 7.79. The Balaban J connectivity index is 2.92. The average Bonchev–Trinajstić information content (AvgIpc) is 2.06. The van der Waals surface area contributed by atoms with Crippen molar-refractivity contribution in [2.75, 3.05) is 6.61 Å². The van der Waals surface area contributed by atoms with Crippen LogP contribution in [-0.4, -0.2) is 17.1 Å². The summed E-state index contributed by atoms with van der Waals surface area (Å²) < 4.78 is 0. The van der Waals surface area contributed by atoms with Crippen LogP contribution < -0.4 is 0 Å². The third-order valence-electron chi connectivity index (χ3n) is 1.56. The maximum Gasteiger partial charge on any atom is 0.0471 e. The van der Waals surface area contributed by atoms with E-state index in [1.54, 1.807) is 5.37 Å². The van der Waals surface area contributed by atoms with Crippen molar-refractivity contribution in [1.29, 1.82) is 0 Å². The first-order valence-corrected chi connectivity index (χ1v) is 3.99. The molecule has 2 heteroatoms. The Labute approximate surface area is 71.7 Å². The molecule has 0 radical (unpaired) electrons. The van der Waals surface area contributed by atoms with Gasteiger partial charge in [0.05, 0.1) is 0 Å². The van der Waals surface area contributed by atoms with Crippen LogP contribution in [0, 0.1) is 0 Å². The van der Waals surface area contributed by atoms with Gasteiger partial charge >= 0.3 is 0 Å². The molecule has 0 saturated heterocycles. The van der Waals surface area contributed by atoms with Crippen LogP contribution in [0.3, 0.4) is 0 Å². The van der Waals surface area contributed by atoms with Crippen LogP contribution in [0.4, 0.5) is 0 Å². The standard InChI is InChI=1S/C9H10OS/c10-6-5-8-3-1-2-4-9(8)7-11/h1-4,7,10H,5-6H2. The number of hydrogen-bond acceptors (Lipinski definition) is 2. The first-order valence-electron chi connectivity index (χ1n) is 3.52. The SMILES string of the molecule is OCCc1ccccc1C=S. The molecule has 0 bridgehead atoms. The molecule has 0 amide bonds. The van der Waals surface area contributed by atoms with Gasteiger partial charge in [-0.3, -0.25) is 0 Å². The maximum atomic E-state index is 8.69. The van der Waals surface area contributed by atoms with Gasteiger partial charge in [0.25, 0.3) is 0 Å². The fraction of sp³-hybridized carbons (Fsp3) is 0.222. The molecular weight excluding hydrogens is 156 g/mol. The Hall–Kier alpha value is -0.730. The van der Waals surface area contributed by atoms with Gasteiger partial charge in [0.15, 0.2) is 0 Å². The number of hydrogen-bond donors (Lipinski definition) is 1. The minimum atomic E-state index is 0.181. The highest BCUT2D eigenvalue weighted by atomic mass is 32.1. The average molecular weight is 166 g/mol. The highest BCUT2D eigenvalue weighted by Gasteiger charge is 1.95. The third-order valence-corrected chi connectivity index (χ3v) is 1.82. The first-order chi connectivity index (χ1) is 5.38. The summed E-state index contributed by atoms with van der Waals surface area (Å²) in [5, 5.41) is 10.3. The molecule has 0 fully saturated rings. The van der Waals surface area contributed by atoms with E-state index in [1.165, 1.54) is 0 Å². The van der Waals surface area contributed by atoms with Crippen molar-refractivity contribution in [3.8, 4) is 0 Å². The molecule has 1 nitrogen and oxygen atoms in total. The molecule has 1 N–H and O–H groups in total. The summed E-state index contributed by atoms with van der Waals surface area (Å²) in [5.41, 5.74) is 2.15. The van der Waals surface area contributed by atoms with Crippen molar-refractivity contribution in [3.63, 3.8) is 0 Å². The summed E-state index contributed by atoms with van der Waals surface area (Å²) in [6.45, 7) is 0.181. The fourth-order valence-electron chi connectivity index (χ4n) is 0.997.